The first-order chi connectivity index (χ1) is 9.74. The highest BCUT2D eigenvalue weighted by Crippen LogP contribution is 2.30. The van der Waals surface area contributed by atoms with Crippen molar-refractivity contribution in [2.45, 2.75) is 19.8 Å². The Morgan fingerprint density at radius 1 is 1.35 bits per heavy atom. The molecular formula is C14H20N2O4. The second-order valence-corrected chi connectivity index (χ2v) is 4.66. The second kappa shape index (κ2) is 7.00. The summed E-state index contributed by atoms with van der Waals surface area (Å²) in [6.07, 6.45) is 2.50. The number of nitrogens with two attached hydrogens (primary N) is 1. The Balaban J connectivity index is 1.97. The summed E-state index contributed by atoms with van der Waals surface area (Å²) >= 11 is 0. The summed E-state index contributed by atoms with van der Waals surface area (Å²) in [5.41, 5.74) is 6.12. The molecule has 1 aliphatic carbocycles. The summed E-state index contributed by atoms with van der Waals surface area (Å²) in [5.74, 6) is 1.86. The Kier molecular flexibility index (Phi) is 5.06. The van der Waals surface area contributed by atoms with E-state index in [2.05, 4.69) is 5.16 Å². The maximum absolute atomic E-state index is 8.68. The SMILES string of the molecule is CCOc1cc(/C(N)=N/O)ccc1OCOCC1CC1. The molecule has 0 heterocycles. The van der Waals surface area contributed by atoms with Crippen LogP contribution in [0, 0.1) is 5.92 Å². The Morgan fingerprint density at radius 2 is 2.15 bits per heavy atom. The minimum absolute atomic E-state index is 0.0301. The first kappa shape index (κ1) is 14.5. The van der Waals surface area contributed by atoms with Gasteiger partial charge in [0, 0.05) is 5.56 Å². The number of amidine groups is 1. The van der Waals surface area contributed by atoms with E-state index < -0.39 is 0 Å². The van der Waals surface area contributed by atoms with Gasteiger partial charge in [-0.1, -0.05) is 5.16 Å². The number of benzene rings is 1. The molecule has 6 heteroatoms. The lowest BCUT2D eigenvalue weighted by Gasteiger charge is -2.13. The van der Waals surface area contributed by atoms with Gasteiger partial charge in [-0.3, -0.25) is 0 Å². The van der Waals surface area contributed by atoms with Gasteiger partial charge in [0.1, 0.15) is 0 Å². The molecule has 1 aliphatic rings. The van der Waals surface area contributed by atoms with Crippen LogP contribution in [0.4, 0.5) is 0 Å². The summed E-state index contributed by atoms with van der Waals surface area (Å²) in [6, 6.07) is 5.10. The molecule has 20 heavy (non-hydrogen) atoms. The third kappa shape index (κ3) is 4.03. The Labute approximate surface area is 118 Å². The maximum atomic E-state index is 8.68. The van der Waals surface area contributed by atoms with Crippen LogP contribution in [0.25, 0.3) is 0 Å². The number of oxime groups is 1. The summed E-state index contributed by atoms with van der Waals surface area (Å²) in [6.45, 7) is 3.31. The highest BCUT2D eigenvalue weighted by atomic mass is 16.7. The highest BCUT2D eigenvalue weighted by molar-refractivity contribution is 5.97. The van der Waals surface area contributed by atoms with Crippen molar-refractivity contribution < 1.29 is 19.4 Å². The van der Waals surface area contributed by atoms with Gasteiger partial charge in [0.05, 0.1) is 13.2 Å². The molecule has 2 rings (SSSR count). The van der Waals surface area contributed by atoms with Crippen molar-refractivity contribution in [3.63, 3.8) is 0 Å². The molecule has 0 radical (unpaired) electrons. The van der Waals surface area contributed by atoms with Gasteiger partial charge in [-0.15, -0.1) is 0 Å². The van der Waals surface area contributed by atoms with E-state index in [0.29, 0.717) is 29.6 Å². The van der Waals surface area contributed by atoms with Crippen LogP contribution in [0.2, 0.25) is 0 Å². The Hall–Kier alpha value is -1.95. The predicted molar refractivity (Wildman–Crippen MR) is 74.3 cm³/mol. The molecule has 1 fully saturated rings. The molecule has 3 N–H and O–H groups in total. The number of hydrogen-bond donors (Lipinski definition) is 2. The molecule has 1 aromatic carbocycles. The molecular weight excluding hydrogens is 260 g/mol. The van der Waals surface area contributed by atoms with Crippen LogP contribution in [-0.2, 0) is 4.74 Å². The van der Waals surface area contributed by atoms with Gasteiger partial charge in [-0.2, -0.15) is 0 Å². The molecule has 1 saturated carbocycles. The monoisotopic (exact) mass is 280 g/mol. The average molecular weight is 280 g/mol. The lowest BCUT2D eigenvalue weighted by Crippen LogP contribution is -2.13. The number of rotatable bonds is 8. The van der Waals surface area contributed by atoms with Crippen molar-refractivity contribution >= 4 is 5.84 Å². The quantitative estimate of drug-likeness (QED) is 0.190. The third-order valence-electron chi connectivity index (χ3n) is 3.00. The number of nitrogens with zero attached hydrogens (tertiary/aromatic N) is 1. The fourth-order valence-electron chi connectivity index (χ4n) is 1.72. The van der Waals surface area contributed by atoms with Crippen LogP contribution in [0.5, 0.6) is 11.5 Å². The van der Waals surface area contributed by atoms with E-state index in [1.165, 1.54) is 12.8 Å². The van der Waals surface area contributed by atoms with E-state index in [0.717, 1.165) is 6.61 Å². The zero-order valence-corrected chi connectivity index (χ0v) is 11.5. The van der Waals surface area contributed by atoms with Crippen LogP contribution in [0.15, 0.2) is 23.4 Å². The molecule has 0 saturated heterocycles. The van der Waals surface area contributed by atoms with Gasteiger partial charge < -0.3 is 25.2 Å². The van der Waals surface area contributed by atoms with Crippen LogP contribution < -0.4 is 15.2 Å². The molecule has 0 spiro atoms. The summed E-state index contributed by atoms with van der Waals surface area (Å²) in [5, 5.41) is 11.6. The van der Waals surface area contributed by atoms with Gasteiger partial charge in [0.25, 0.3) is 0 Å². The molecule has 0 aliphatic heterocycles. The standard InChI is InChI=1S/C14H20N2O4/c1-2-19-13-7-11(14(15)16-17)5-6-12(13)20-9-18-8-10-3-4-10/h5-7,10,17H,2-4,8-9H2,1H3,(H2,15,16). The Bertz CT molecular complexity index is 472. The summed E-state index contributed by atoms with van der Waals surface area (Å²) in [7, 11) is 0. The highest BCUT2D eigenvalue weighted by Gasteiger charge is 2.21. The van der Waals surface area contributed by atoms with Crippen molar-refractivity contribution in [1.29, 1.82) is 0 Å². The molecule has 1 aromatic rings. The lowest BCUT2D eigenvalue weighted by molar-refractivity contribution is 0.00840. The summed E-state index contributed by atoms with van der Waals surface area (Å²) in [4.78, 5) is 0. The van der Waals surface area contributed by atoms with E-state index in [1.807, 2.05) is 6.92 Å². The smallest absolute Gasteiger partial charge is 0.189 e. The van der Waals surface area contributed by atoms with E-state index in [1.54, 1.807) is 18.2 Å². The predicted octanol–water partition coefficient (Wildman–Crippen LogP) is 1.94. The van der Waals surface area contributed by atoms with Gasteiger partial charge in [0.2, 0.25) is 0 Å². The minimum atomic E-state index is 0.0301. The van der Waals surface area contributed by atoms with Crippen molar-refractivity contribution in [2.24, 2.45) is 16.8 Å². The molecule has 0 atom stereocenters. The van der Waals surface area contributed by atoms with Gasteiger partial charge in [-0.25, -0.2) is 0 Å². The topological polar surface area (TPSA) is 86.3 Å². The van der Waals surface area contributed by atoms with Crippen LogP contribution in [-0.4, -0.2) is 31.0 Å². The summed E-state index contributed by atoms with van der Waals surface area (Å²) < 4.78 is 16.5. The molecule has 110 valence electrons. The van der Waals surface area contributed by atoms with E-state index in [4.69, 9.17) is 25.2 Å². The van der Waals surface area contributed by atoms with Crippen molar-refractivity contribution in [3.8, 4) is 11.5 Å². The molecule has 0 amide bonds. The number of ether oxygens (including phenoxy) is 3. The fourth-order valence-corrected chi connectivity index (χ4v) is 1.72. The van der Waals surface area contributed by atoms with Gasteiger partial charge in [0.15, 0.2) is 24.1 Å². The zero-order valence-electron chi connectivity index (χ0n) is 11.5. The van der Waals surface area contributed by atoms with E-state index >= 15 is 0 Å². The molecule has 6 nitrogen and oxygen atoms in total. The first-order valence-electron chi connectivity index (χ1n) is 6.70. The van der Waals surface area contributed by atoms with Crippen LogP contribution in [0.3, 0.4) is 0 Å². The van der Waals surface area contributed by atoms with E-state index in [-0.39, 0.29) is 12.6 Å². The molecule has 0 aromatic heterocycles. The normalized spacial score (nSPS) is 15.2. The molecule has 0 bridgehead atoms. The van der Waals surface area contributed by atoms with Crippen molar-refractivity contribution in [3.05, 3.63) is 23.8 Å². The van der Waals surface area contributed by atoms with Crippen LogP contribution in [0.1, 0.15) is 25.3 Å². The zero-order chi connectivity index (χ0) is 14.4. The minimum Gasteiger partial charge on any atom is -0.490 e. The van der Waals surface area contributed by atoms with E-state index in [9.17, 15) is 0 Å². The fraction of sp³-hybridized carbons (Fsp3) is 0.500. The second-order valence-electron chi connectivity index (χ2n) is 4.66. The van der Waals surface area contributed by atoms with Gasteiger partial charge >= 0.3 is 0 Å². The van der Waals surface area contributed by atoms with Gasteiger partial charge in [-0.05, 0) is 43.9 Å². The average Bonchev–Trinajstić information content (AvgIpc) is 3.28. The number of hydrogen-bond acceptors (Lipinski definition) is 5. The maximum Gasteiger partial charge on any atom is 0.189 e. The Morgan fingerprint density at radius 3 is 2.80 bits per heavy atom. The largest absolute Gasteiger partial charge is 0.490 e. The van der Waals surface area contributed by atoms with Crippen molar-refractivity contribution in [2.75, 3.05) is 20.0 Å². The van der Waals surface area contributed by atoms with Crippen molar-refractivity contribution in [1.82, 2.24) is 0 Å². The first-order valence-corrected chi connectivity index (χ1v) is 6.70. The lowest BCUT2D eigenvalue weighted by atomic mass is 10.2. The van der Waals surface area contributed by atoms with Crippen LogP contribution >= 0.6 is 0 Å². The third-order valence-corrected chi connectivity index (χ3v) is 3.00. The molecule has 0 unspecified atom stereocenters.